The van der Waals surface area contributed by atoms with Crippen molar-refractivity contribution < 1.29 is 17.2 Å². The molecule has 1 N–H and O–H groups in total. The van der Waals surface area contributed by atoms with Gasteiger partial charge in [-0.15, -0.1) is 0 Å². The maximum atomic E-state index is 13.8. The normalized spacial score (nSPS) is 21.6. The van der Waals surface area contributed by atoms with Crippen LogP contribution in [-0.4, -0.2) is 38.4 Å². The largest absolute Gasteiger partial charge is 0.312 e. The fraction of sp³-hybridized carbons (Fsp3) is 0.455. The summed E-state index contributed by atoms with van der Waals surface area (Å²) < 4.78 is 52.7. The van der Waals surface area contributed by atoms with Crippen molar-refractivity contribution in [1.29, 1.82) is 0 Å². The van der Waals surface area contributed by atoms with Gasteiger partial charge in [-0.25, -0.2) is 17.2 Å². The van der Waals surface area contributed by atoms with Gasteiger partial charge in [0.05, 0.1) is 0 Å². The van der Waals surface area contributed by atoms with E-state index < -0.39 is 26.6 Å². The zero-order chi connectivity index (χ0) is 14.2. The zero-order valence-electron chi connectivity index (χ0n) is 10.2. The maximum absolute atomic E-state index is 13.8. The molecule has 1 atom stereocenters. The van der Waals surface area contributed by atoms with Gasteiger partial charge < -0.3 is 5.32 Å². The third-order valence-electron chi connectivity index (χ3n) is 2.89. The van der Waals surface area contributed by atoms with Gasteiger partial charge in [0, 0.05) is 36.2 Å². The second-order valence-electron chi connectivity index (χ2n) is 4.42. The Kier molecular flexibility index (Phi) is 4.24. The van der Waals surface area contributed by atoms with Crippen LogP contribution in [0.15, 0.2) is 21.5 Å². The smallest absolute Gasteiger partial charge is 0.247 e. The van der Waals surface area contributed by atoms with Crippen LogP contribution in [0.25, 0.3) is 0 Å². The van der Waals surface area contributed by atoms with Crippen LogP contribution in [0.1, 0.15) is 6.92 Å². The second kappa shape index (κ2) is 5.43. The minimum atomic E-state index is -3.97. The first-order valence-corrected chi connectivity index (χ1v) is 7.94. The van der Waals surface area contributed by atoms with Crippen molar-refractivity contribution >= 4 is 26.0 Å². The summed E-state index contributed by atoms with van der Waals surface area (Å²) >= 11 is 2.91. The lowest BCUT2D eigenvalue weighted by Gasteiger charge is -2.31. The molecule has 0 bridgehead atoms. The number of rotatable bonds is 2. The quantitative estimate of drug-likeness (QED) is 0.879. The van der Waals surface area contributed by atoms with E-state index in [1.165, 1.54) is 4.31 Å². The number of hydrogen-bond acceptors (Lipinski definition) is 3. The molecule has 1 aliphatic rings. The molecule has 1 saturated heterocycles. The summed E-state index contributed by atoms with van der Waals surface area (Å²) in [6.45, 7) is 2.86. The molecule has 0 aliphatic carbocycles. The van der Waals surface area contributed by atoms with Gasteiger partial charge in [-0.3, -0.25) is 0 Å². The molecule has 106 valence electrons. The summed E-state index contributed by atoms with van der Waals surface area (Å²) in [5, 5.41) is 3.10. The van der Waals surface area contributed by atoms with Crippen LogP contribution in [0.5, 0.6) is 0 Å². The molecule has 0 amide bonds. The molecule has 0 saturated carbocycles. The Bertz CT molecular complexity index is 571. The Hall–Kier alpha value is -0.570. The van der Waals surface area contributed by atoms with Gasteiger partial charge in [0.25, 0.3) is 0 Å². The van der Waals surface area contributed by atoms with Crippen LogP contribution < -0.4 is 5.32 Å². The van der Waals surface area contributed by atoms with Crippen LogP contribution in [0.3, 0.4) is 0 Å². The number of benzene rings is 1. The van der Waals surface area contributed by atoms with E-state index in [0.29, 0.717) is 12.6 Å². The lowest BCUT2D eigenvalue weighted by molar-refractivity contribution is 0.309. The fourth-order valence-electron chi connectivity index (χ4n) is 2.02. The third-order valence-corrected chi connectivity index (χ3v) is 5.72. The van der Waals surface area contributed by atoms with Crippen LogP contribution >= 0.6 is 15.9 Å². The van der Waals surface area contributed by atoms with E-state index in [2.05, 4.69) is 21.2 Å². The topological polar surface area (TPSA) is 49.4 Å². The van der Waals surface area contributed by atoms with E-state index in [1.54, 1.807) is 0 Å². The molecule has 1 aromatic carbocycles. The molecule has 1 aliphatic heterocycles. The predicted octanol–water partition coefficient (Wildman–Crippen LogP) is 1.71. The lowest BCUT2D eigenvalue weighted by Crippen LogP contribution is -2.51. The average molecular weight is 355 g/mol. The summed E-state index contributed by atoms with van der Waals surface area (Å²) in [5.41, 5.74) is 0. The van der Waals surface area contributed by atoms with E-state index in [4.69, 9.17) is 0 Å². The van der Waals surface area contributed by atoms with E-state index in [0.717, 1.165) is 6.07 Å². The van der Waals surface area contributed by atoms with E-state index in [9.17, 15) is 17.2 Å². The summed E-state index contributed by atoms with van der Waals surface area (Å²) in [4.78, 5) is -0.511. The first-order chi connectivity index (χ1) is 8.82. The second-order valence-corrected chi connectivity index (χ2v) is 7.15. The Morgan fingerprint density at radius 1 is 1.42 bits per heavy atom. The number of piperazine rings is 1. The van der Waals surface area contributed by atoms with Gasteiger partial charge in [0.15, 0.2) is 0 Å². The highest BCUT2D eigenvalue weighted by molar-refractivity contribution is 9.10. The number of halogens is 3. The van der Waals surface area contributed by atoms with Crippen molar-refractivity contribution in [3.05, 3.63) is 28.2 Å². The Labute approximate surface area is 119 Å². The molecule has 0 spiro atoms. The minimum absolute atomic E-state index is 0.00851. The molecule has 1 heterocycles. The average Bonchev–Trinajstić information content (AvgIpc) is 2.26. The minimum Gasteiger partial charge on any atom is -0.312 e. The highest BCUT2D eigenvalue weighted by Gasteiger charge is 2.32. The van der Waals surface area contributed by atoms with Crippen molar-refractivity contribution in [3.63, 3.8) is 0 Å². The summed E-state index contributed by atoms with van der Waals surface area (Å²) in [6, 6.07) is 1.51. The van der Waals surface area contributed by atoms with Gasteiger partial charge in [-0.05, 0) is 28.9 Å². The third kappa shape index (κ3) is 2.96. The standard InChI is InChI=1S/C11H13BrF2N2O2S/c1-7-6-16(3-2-15-7)19(17,18)11-9(12)4-8(13)5-10(11)14/h4-5,7,15H,2-3,6H2,1H3/t7-/m1/s1. The van der Waals surface area contributed by atoms with Crippen LogP contribution in [0.2, 0.25) is 0 Å². The molecule has 0 aromatic heterocycles. The van der Waals surface area contributed by atoms with E-state index in [-0.39, 0.29) is 23.6 Å². The first-order valence-electron chi connectivity index (χ1n) is 5.70. The number of nitrogens with one attached hydrogen (secondary N) is 1. The molecular weight excluding hydrogens is 342 g/mol. The molecular formula is C11H13BrF2N2O2S. The lowest BCUT2D eigenvalue weighted by atomic mass is 10.3. The molecule has 8 heteroatoms. The Balaban J connectivity index is 2.45. The molecule has 4 nitrogen and oxygen atoms in total. The van der Waals surface area contributed by atoms with Crippen LogP contribution in [0.4, 0.5) is 8.78 Å². The van der Waals surface area contributed by atoms with Gasteiger partial charge in [0.1, 0.15) is 16.5 Å². The number of sulfonamides is 1. The van der Waals surface area contributed by atoms with Crippen molar-refractivity contribution in [2.75, 3.05) is 19.6 Å². The molecule has 1 aromatic rings. The van der Waals surface area contributed by atoms with Gasteiger partial charge in [-0.2, -0.15) is 4.31 Å². The highest BCUT2D eigenvalue weighted by atomic mass is 79.9. The molecule has 0 unspecified atom stereocenters. The summed E-state index contributed by atoms with van der Waals surface area (Å²) in [7, 11) is -3.97. The van der Waals surface area contributed by atoms with Crippen molar-refractivity contribution in [2.45, 2.75) is 17.9 Å². The van der Waals surface area contributed by atoms with Crippen molar-refractivity contribution in [2.24, 2.45) is 0 Å². The van der Waals surface area contributed by atoms with Gasteiger partial charge >= 0.3 is 0 Å². The Morgan fingerprint density at radius 3 is 2.68 bits per heavy atom. The first kappa shape index (κ1) is 14.8. The number of nitrogens with zero attached hydrogens (tertiary/aromatic N) is 1. The summed E-state index contributed by atoms with van der Waals surface area (Å²) in [5.74, 6) is -1.91. The Morgan fingerprint density at radius 2 is 2.11 bits per heavy atom. The monoisotopic (exact) mass is 354 g/mol. The zero-order valence-corrected chi connectivity index (χ0v) is 12.6. The SMILES string of the molecule is C[C@@H]1CN(S(=O)(=O)c2c(F)cc(F)cc2Br)CCN1. The van der Waals surface area contributed by atoms with Crippen molar-refractivity contribution in [1.82, 2.24) is 9.62 Å². The molecule has 2 rings (SSSR count). The number of hydrogen-bond donors (Lipinski definition) is 1. The predicted molar refractivity (Wildman–Crippen MR) is 70.3 cm³/mol. The molecule has 19 heavy (non-hydrogen) atoms. The fourth-order valence-corrected chi connectivity index (χ4v) is 4.66. The van der Waals surface area contributed by atoms with E-state index >= 15 is 0 Å². The van der Waals surface area contributed by atoms with Crippen LogP contribution in [-0.2, 0) is 10.0 Å². The summed E-state index contributed by atoms with van der Waals surface area (Å²) in [6.07, 6.45) is 0. The highest BCUT2D eigenvalue weighted by Crippen LogP contribution is 2.29. The molecule has 0 radical (unpaired) electrons. The molecule has 1 fully saturated rings. The van der Waals surface area contributed by atoms with Crippen LogP contribution in [0, 0.1) is 11.6 Å². The van der Waals surface area contributed by atoms with Gasteiger partial charge in [0.2, 0.25) is 10.0 Å². The van der Waals surface area contributed by atoms with Gasteiger partial charge in [-0.1, -0.05) is 0 Å². The van der Waals surface area contributed by atoms with Crippen molar-refractivity contribution in [3.8, 4) is 0 Å². The van der Waals surface area contributed by atoms with E-state index in [1.807, 2.05) is 6.92 Å². The maximum Gasteiger partial charge on any atom is 0.247 e.